The molecule has 0 fully saturated rings. The lowest BCUT2D eigenvalue weighted by Crippen LogP contribution is -2.31. The minimum absolute atomic E-state index is 0.241. The molecule has 1 unspecified atom stereocenters. The molecule has 8 heteroatoms. The van der Waals surface area contributed by atoms with Crippen molar-refractivity contribution in [1.29, 1.82) is 0 Å². The Morgan fingerprint density at radius 3 is 2.92 bits per heavy atom. The Kier molecular flexibility index (Phi) is 6.48. The van der Waals surface area contributed by atoms with Gasteiger partial charge in [-0.1, -0.05) is 34.1 Å². The fourth-order valence-electron chi connectivity index (χ4n) is 1.93. The van der Waals surface area contributed by atoms with Crippen molar-refractivity contribution in [2.24, 2.45) is 0 Å². The zero-order valence-corrected chi connectivity index (χ0v) is 15.0. The molecule has 1 amide bonds. The van der Waals surface area contributed by atoms with Gasteiger partial charge < -0.3 is 14.6 Å². The summed E-state index contributed by atoms with van der Waals surface area (Å²) in [6.45, 7) is 3.40. The van der Waals surface area contributed by atoms with Gasteiger partial charge in [0.05, 0.1) is 0 Å². The number of ether oxygens (including phenoxy) is 1. The van der Waals surface area contributed by atoms with Crippen LogP contribution in [0.5, 0.6) is 0 Å². The molecule has 1 aromatic heterocycles. The second-order valence-electron chi connectivity index (χ2n) is 5.12. The summed E-state index contributed by atoms with van der Waals surface area (Å²) in [4.78, 5) is 27.9. The van der Waals surface area contributed by atoms with E-state index < -0.39 is 12.1 Å². The van der Waals surface area contributed by atoms with E-state index in [0.29, 0.717) is 17.8 Å². The van der Waals surface area contributed by atoms with Gasteiger partial charge in [0.2, 0.25) is 0 Å². The van der Waals surface area contributed by atoms with Crippen molar-refractivity contribution in [1.82, 2.24) is 15.5 Å². The molecule has 0 saturated heterocycles. The van der Waals surface area contributed by atoms with Gasteiger partial charge in [-0.15, -0.1) is 0 Å². The van der Waals surface area contributed by atoms with E-state index in [2.05, 4.69) is 31.4 Å². The average Bonchev–Trinajstić information content (AvgIpc) is 3.02. The lowest BCUT2D eigenvalue weighted by molar-refractivity contribution is -0.148. The number of rotatable bonds is 7. The largest absolute Gasteiger partial charge is 0.451 e. The number of nitrogens with one attached hydrogen (secondary N) is 1. The lowest BCUT2D eigenvalue weighted by atomic mass is 10.2. The van der Waals surface area contributed by atoms with Gasteiger partial charge in [0.15, 0.2) is 11.9 Å². The zero-order valence-electron chi connectivity index (χ0n) is 13.4. The molecule has 1 heterocycles. The number of amides is 1. The van der Waals surface area contributed by atoms with Crippen LogP contribution in [-0.2, 0) is 16.0 Å². The SMILES string of the molecule is CCCc1noc(C(C)OC(=O)CNC(=O)c2cccc(Br)c2)n1. The Morgan fingerprint density at radius 2 is 2.21 bits per heavy atom. The monoisotopic (exact) mass is 395 g/mol. The Hall–Kier alpha value is -2.22. The highest BCUT2D eigenvalue weighted by molar-refractivity contribution is 9.10. The molecule has 0 radical (unpaired) electrons. The van der Waals surface area contributed by atoms with Crippen LogP contribution in [0.1, 0.15) is 48.4 Å². The number of carbonyl (C=O) groups is 2. The van der Waals surface area contributed by atoms with E-state index in [1.807, 2.05) is 13.0 Å². The van der Waals surface area contributed by atoms with Crippen LogP contribution in [0.3, 0.4) is 0 Å². The molecule has 24 heavy (non-hydrogen) atoms. The van der Waals surface area contributed by atoms with Gasteiger partial charge in [-0.25, -0.2) is 0 Å². The number of aryl methyl sites for hydroxylation is 1. The van der Waals surface area contributed by atoms with Crippen LogP contribution in [0, 0.1) is 0 Å². The number of hydrogen-bond acceptors (Lipinski definition) is 6. The molecule has 0 aliphatic heterocycles. The first-order chi connectivity index (χ1) is 11.5. The highest BCUT2D eigenvalue weighted by Crippen LogP contribution is 2.15. The fourth-order valence-corrected chi connectivity index (χ4v) is 2.33. The standard InChI is InChI=1S/C16H18BrN3O4/c1-3-5-13-19-16(24-20-13)10(2)23-14(21)9-18-15(22)11-6-4-7-12(17)8-11/h4,6-8,10H,3,5,9H2,1-2H3,(H,18,22). The van der Waals surface area contributed by atoms with Crippen molar-refractivity contribution >= 4 is 27.8 Å². The quantitative estimate of drug-likeness (QED) is 0.724. The molecule has 0 spiro atoms. The van der Waals surface area contributed by atoms with E-state index in [4.69, 9.17) is 9.26 Å². The predicted octanol–water partition coefficient (Wildman–Crippen LogP) is 2.82. The molecule has 1 aromatic carbocycles. The average molecular weight is 396 g/mol. The molecule has 128 valence electrons. The molecule has 0 saturated carbocycles. The number of hydrogen-bond donors (Lipinski definition) is 1. The third kappa shape index (κ3) is 5.16. The molecule has 7 nitrogen and oxygen atoms in total. The van der Waals surface area contributed by atoms with Crippen LogP contribution in [-0.4, -0.2) is 28.6 Å². The van der Waals surface area contributed by atoms with Crippen LogP contribution >= 0.6 is 15.9 Å². The maximum absolute atomic E-state index is 12.0. The number of benzene rings is 1. The summed E-state index contributed by atoms with van der Waals surface area (Å²) < 4.78 is 11.0. The number of nitrogens with zero attached hydrogens (tertiary/aromatic N) is 2. The smallest absolute Gasteiger partial charge is 0.326 e. The van der Waals surface area contributed by atoms with E-state index >= 15 is 0 Å². The second-order valence-corrected chi connectivity index (χ2v) is 6.04. The molecule has 2 rings (SSSR count). The van der Waals surface area contributed by atoms with Crippen molar-refractivity contribution in [2.75, 3.05) is 6.54 Å². The van der Waals surface area contributed by atoms with Gasteiger partial charge in [0.25, 0.3) is 11.8 Å². The second kappa shape index (κ2) is 8.58. The van der Waals surface area contributed by atoms with Crippen LogP contribution in [0.2, 0.25) is 0 Å². The number of carbonyl (C=O) groups excluding carboxylic acids is 2. The Bertz CT molecular complexity index is 717. The summed E-state index contributed by atoms with van der Waals surface area (Å²) in [5, 5.41) is 6.31. The van der Waals surface area contributed by atoms with Crippen LogP contribution in [0.15, 0.2) is 33.3 Å². The Morgan fingerprint density at radius 1 is 1.42 bits per heavy atom. The van der Waals surface area contributed by atoms with Gasteiger partial charge in [-0.3, -0.25) is 9.59 Å². The van der Waals surface area contributed by atoms with Crippen LogP contribution < -0.4 is 5.32 Å². The molecule has 0 bridgehead atoms. The van der Waals surface area contributed by atoms with E-state index in [-0.39, 0.29) is 18.3 Å². The lowest BCUT2D eigenvalue weighted by Gasteiger charge is -2.10. The molecular weight excluding hydrogens is 378 g/mol. The molecule has 1 atom stereocenters. The van der Waals surface area contributed by atoms with Crippen LogP contribution in [0.4, 0.5) is 0 Å². The molecular formula is C16H18BrN3O4. The fraction of sp³-hybridized carbons (Fsp3) is 0.375. The summed E-state index contributed by atoms with van der Waals surface area (Å²) in [6.07, 6.45) is 0.931. The molecule has 0 aliphatic rings. The third-order valence-electron chi connectivity index (χ3n) is 3.09. The van der Waals surface area contributed by atoms with Gasteiger partial charge >= 0.3 is 5.97 Å². The summed E-state index contributed by atoms with van der Waals surface area (Å²) in [5.74, 6) is -0.117. The number of halogens is 1. The number of aromatic nitrogens is 2. The van der Waals surface area contributed by atoms with Crippen molar-refractivity contribution < 1.29 is 18.8 Å². The molecule has 1 N–H and O–H groups in total. The topological polar surface area (TPSA) is 94.3 Å². The van der Waals surface area contributed by atoms with Gasteiger partial charge in [-0.2, -0.15) is 4.98 Å². The molecule has 2 aromatic rings. The van der Waals surface area contributed by atoms with Crippen molar-refractivity contribution in [2.45, 2.75) is 32.8 Å². The van der Waals surface area contributed by atoms with E-state index in [0.717, 1.165) is 10.9 Å². The normalized spacial score (nSPS) is 11.8. The van der Waals surface area contributed by atoms with Crippen molar-refractivity contribution in [3.8, 4) is 0 Å². The minimum atomic E-state index is -0.668. The first-order valence-electron chi connectivity index (χ1n) is 7.55. The Balaban J connectivity index is 1.82. The summed E-state index contributed by atoms with van der Waals surface area (Å²) in [5.41, 5.74) is 0.450. The third-order valence-corrected chi connectivity index (χ3v) is 3.59. The van der Waals surface area contributed by atoms with Gasteiger partial charge in [0.1, 0.15) is 6.54 Å². The first kappa shape index (κ1) is 18.1. The van der Waals surface area contributed by atoms with Gasteiger partial charge in [-0.05, 0) is 31.5 Å². The highest BCUT2D eigenvalue weighted by atomic mass is 79.9. The van der Waals surface area contributed by atoms with Crippen LogP contribution in [0.25, 0.3) is 0 Å². The predicted molar refractivity (Wildman–Crippen MR) is 89.3 cm³/mol. The maximum atomic E-state index is 12.0. The van der Waals surface area contributed by atoms with Gasteiger partial charge in [0, 0.05) is 16.5 Å². The van der Waals surface area contributed by atoms with Crippen molar-refractivity contribution in [3.05, 3.63) is 46.0 Å². The van der Waals surface area contributed by atoms with E-state index in [1.165, 1.54) is 0 Å². The van der Waals surface area contributed by atoms with E-state index in [1.54, 1.807) is 25.1 Å². The highest BCUT2D eigenvalue weighted by Gasteiger charge is 2.19. The molecule has 0 aliphatic carbocycles. The summed E-state index contributed by atoms with van der Waals surface area (Å²) >= 11 is 3.29. The summed E-state index contributed by atoms with van der Waals surface area (Å²) in [7, 11) is 0. The Labute approximate surface area is 147 Å². The number of esters is 1. The zero-order chi connectivity index (χ0) is 17.5. The minimum Gasteiger partial charge on any atom is -0.451 e. The first-order valence-corrected chi connectivity index (χ1v) is 8.34. The summed E-state index contributed by atoms with van der Waals surface area (Å²) in [6, 6.07) is 6.87. The van der Waals surface area contributed by atoms with Crippen molar-refractivity contribution in [3.63, 3.8) is 0 Å². The van der Waals surface area contributed by atoms with E-state index in [9.17, 15) is 9.59 Å². The maximum Gasteiger partial charge on any atom is 0.326 e.